The van der Waals surface area contributed by atoms with Crippen LogP contribution in [-0.2, 0) is 16.8 Å². The van der Waals surface area contributed by atoms with Crippen molar-refractivity contribution in [2.24, 2.45) is 5.73 Å². The molecule has 2 aromatic rings. The van der Waals surface area contributed by atoms with Gasteiger partial charge in [0, 0.05) is 12.4 Å². The van der Waals surface area contributed by atoms with E-state index in [-0.39, 0.29) is 11.5 Å². The molecule has 2 heterocycles. The molecule has 0 spiro atoms. The van der Waals surface area contributed by atoms with Crippen molar-refractivity contribution in [1.29, 1.82) is 0 Å². The molecule has 1 aliphatic carbocycles. The van der Waals surface area contributed by atoms with Gasteiger partial charge in [-0.1, -0.05) is 0 Å². The van der Waals surface area contributed by atoms with Crippen LogP contribution < -0.4 is 16.8 Å². The SMILES string of the molecule is NC(=O)c1cnc(C2(C(=O)NCc3ccc(N)cn3)CC2)nc1. The van der Waals surface area contributed by atoms with Gasteiger partial charge in [-0.2, -0.15) is 0 Å². The Morgan fingerprint density at radius 2 is 1.83 bits per heavy atom. The first-order chi connectivity index (χ1) is 11.0. The number of nitrogen functional groups attached to an aromatic ring is 1. The van der Waals surface area contributed by atoms with Gasteiger partial charge in [0.2, 0.25) is 5.91 Å². The Morgan fingerprint density at radius 1 is 1.13 bits per heavy atom. The van der Waals surface area contributed by atoms with E-state index in [1.54, 1.807) is 18.3 Å². The van der Waals surface area contributed by atoms with Gasteiger partial charge in [0.15, 0.2) is 0 Å². The maximum absolute atomic E-state index is 12.5. The molecule has 1 saturated carbocycles. The van der Waals surface area contributed by atoms with Crippen LogP contribution >= 0.6 is 0 Å². The highest BCUT2D eigenvalue weighted by molar-refractivity contribution is 5.92. The first-order valence-corrected chi connectivity index (χ1v) is 7.12. The number of nitrogens with two attached hydrogens (primary N) is 2. The fourth-order valence-corrected chi connectivity index (χ4v) is 2.26. The van der Waals surface area contributed by atoms with E-state index >= 15 is 0 Å². The first kappa shape index (κ1) is 14.9. The minimum atomic E-state index is -0.718. The predicted molar refractivity (Wildman–Crippen MR) is 82.0 cm³/mol. The summed E-state index contributed by atoms with van der Waals surface area (Å²) in [5, 5.41) is 2.84. The fourth-order valence-electron chi connectivity index (χ4n) is 2.26. The topological polar surface area (TPSA) is 137 Å². The van der Waals surface area contributed by atoms with Crippen LogP contribution in [0.25, 0.3) is 0 Å². The highest BCUT2D eigenvalue weighted by Gasteiger charge is 2.53. The third kappa shape index (κ3) is 2.96. The van der Waals surface area contributed by atoms with Crippen molar-refractivity contribution in [3.05, 3.63) is 47.8 Å². The lowest BCUT2D eigenvalue weighted by molar-refractivity contribution is -0.123. The van der Waals surface area contributed by atoms with Crippen LogP contribution in [0, 0.1) is 0 Å². The largest absolute Gasteiger partial charge is 0.397 e. The quantitative estimate of drug-likeness (QED) is 0.705. The summed E-state index contributed by atoms with van der Waals surface area (Å²) in [7, 11) is 0. The number of anilines is 1. The van der Waals surface area contributed by atoms with E-state index in [2.05, 4.69) is 20.3 Å². The molecule has 0 bridgehead atoms. The van der Waals surface area contributed by atoms with E-state index in [1.807, 2.05) is 0 Å². The predicted octanol–water partition coefficient (Wildman–Crippen LogP) is -0.0993. The van der Waals surface area contributed by atoms with E-state index in [1.165, 1.54) is 12.4 Å². The van der Waals surface area contributed by atoms with Crippen LogP contribution in [0.4, 0.5) is 5.69 Å². The summed E-state index contributed by atoms with van der Waals surface area (Å²) in [4.78, 5) is 35.9. The van der Waals surface area contributed by atoms with Crippen molar-refractivity contribution in [3.8, 4) is 0 Å². The van der Waals surface area contributed by atoms with Gasteiger partial charge < -0.3 is 16.8 Å². The zero-order chi connectivity index (χ0) is 16.4. The average molecular weight is 312 g/mol. The second kappa shape index (κ2) is 5.64. The number of hydrogen-bond acceptors (Lipinski definition) is 6. The monoisotopic (exact) mass is 312 g/mol. The third-order valence-corrected chi connectivity index (χ3v) is 3.83. The van der Waals surface area contributed by atoms with Gasteiger partial charge in [0.25, 0.3) is 5.91 Å². The number of amides is 2. The molecule has 8 heteroatoms. The lowest BCUT2D eigenvalue weighted by Gasteiger charge is -2.14. The van der Waals surface area contributed by atoms with E-state index in [9.17, 15) is 9.59 Å². The second-order valence-electron chi connectivity index (χ2n) is 5.51. The van der Waals surface area contributed by atoms with Crippen molar-refractivity contribution in [2.45, 2.75) is 24.8 Å². The highest BCUT2D eigenvalue weighted by atomic mass is 16.2. The van der Waals surface area contributed by atoms with Crippen LogP contribution in [0.2, 0.25) is 0 Å². The van der Waals surface area contributed by atoms with E-state index in [0.717, 1.165) is 0 Å². The summed E-state index contributed by atoms with van der Waals surface area (Å²) in [6.45, 7) is 0.306. The fraction of sp³-hybridized carbons (Fsp3) is 0.267. The van der Waals surface area contributed by atoms with Gasteiger partial charge in [-0.25, -0.2) is 9.97 Å². The molecule has 8 nitrogen and oxygen atoms in total. The summed E-state index contributed by atoms with van der Waals surface area (Å²) < 4.78 is 0. The Kier molecular flexibility index (Phi) is 3.65. The molecule has 118 valence electrons. The maximum atomic E-state index is 12.5. The Morgan fingerprint density at radius 3 is 2.35 bits per heavy atom. The van der Waals surface area contributed by atoms with Crippen molar-refractivity contribution in [1.82, 2.24) is 20.3 Å². The lowest BCUT2D eigenvalue weighted by Crippen LogP contribution is -2.35. The van der Waals surface area contributed by atoms with Gasteiger partial charge in [0.05, 0.1) is 29.7 Å². The van der Waals surface area contributed by atoms with Gasteiger partial charge in [-0.05, 0) is 25.0 Å². The van der Waals surface area contributed by atoms with Gasteiger partial charge >= 0.3 is 0 Å². The van der Waals surface area contributed by atoms with Crippen LogP contribution in [0.3, 0.4) is 0 Å². The number of carbonyl (C=O) groups excluding carboxylic acids is 2. The van der Waals surface area contributed by atoms with Crippen molar-refractivity contribution in [2.75, 3.05) is 5.73 Å². The van der Waals surface area contributed by atoms with Crippen LogP contribution in [-0.4, -0.2) is 26.8 Å². The van der Waals surface area contributed by atoms with Gasteiger partial charge in [0.1, 0.15) is 11.2 Å². The van der Waals surface area contributed by atoms with Crippen molar-refractivity contribution in [3.63, 3.8) is 0 Å². The zero-order valence-electron chi connectivity index (χ0n) is 12.3. The Bertz CT molecular complexity index is 738. The molecule has 2 amide bonds. The minimum absolute atomic E-state index is 0.150. The molecule has 0 aromatic carbocycles. The third-order valence-electron chi connectivity index (χ3n) is 3.83. The van der Waals surface area contributed by atoms with Gasteiger partial charge in [-0.3, -0.25) is 14.6 Å². The summed E-state index contributed by atoms with van der Waals surface area (Å²) in [5.74, 6) is -0.339. The van der Waals surface area contributed by atoms with Gasteiger partial charge in [-0.15, -0.1) is 0 Å². The standard InChI is InChI=1S/C15H16N6O2/c16-10-1-2-11(18-7-10)8-21-14(23)15(3-4-15)13-19-5-9(6-20-13)12(17)22/h1-2,5-7H,3-4,8,16H2,(H2,17,22)(H,21,23). The number of nitrogens with zero attached hydrogens (tertiary/aromatic N) is 3. The number of nitrogens with one attached hydrogen (secondary N) is 1. The molecule has 3 rings (SSSR count). The molecule has 0 radical (unpaired) electrons. The van der Waals surface area contributed by atoms with E-state index in [4.69, 9.17) is 11.5 Å². The number of rotatable bonds is 5. The number of aromatic nitrogens is 3. The summed E-state index contributed by atoms with van der Waals surface area (Å²) in [6, 6.07) is 3.49. The molecular weight excluding hydrogens is 296 g/mol. The average Bonchev–Trinajstić information content (AvgIpc) is 3.36. The van der Waals surface area contributed by atoms with Crippen LogP contribution in [0.15, 0.2) is 30.7 Å². The Hall–Kier alpha value is -3.03. The van der Waals surface area contributed by atoms with E-state index in [0.29, 0.717) is 36.6 Å². The number of primary amides is 1. The Balaban J connectivity index is 1.68. The summed E-state index contributed by atoms with van der Waals surface area (Å²) in [6.07, 6.45) is 5.58. The molecule has 1 fully saturated rings. The maximum Gasteiger partial charge on any atom is 0.251 e. The number of pyridine rings is 1. The van der Waals surface area contributed by atoms with Crippen LogP contribution in [0.1, 0.15) is 34.7 Å². The molecule has 0 unspecified atom stereocenters. The molecular formula is C15H16N6O2. The summed E-state index contributed by atoms with van der Waals surface area (Å²) >= 11 is 0. The van der Waals surface area contributed by atoms with Crippen molar-refractivity contribution >= 4 is 17.5 Å². The molecule has 1 aliphatic rings. The molecule has 23 heavy (non-hydrogen) atoms. The highest BCUT2D eigenvalue weighted by Crippen LogP contribution is 2.46. The Labute approximate surface area is 132 Å². The zero-order valence-corrected chi connectivity index (χ0v) is 12.3. The number of carbonyl (C=O) groups is 2. The first-order valence-electron chi connectivity index (χ1n) is 7.12. The number of hydrogen-bond donors (Lipinski definition) is 3. The lowest BCUT2D eigenvalue weighted by atomic mass is 10.1. The smallest absolute Gasteiger partial charge is 0.251 e. The molecule has 5 N–H and O–H groups in total. The molecule has 0 saturated heterocycles. The van der Waals surface area contributed by atoms with E-state index < -0.39 is 11.3 Å². The normalized spacial score (nSPS) is 15.0. The molecule has 2 aromatic heterocycles. The summed E-state index contributed by atoms with van der Waals surface area (Å²) in [5.41, 5.74) is 11.5. The van der Waals surface area contributed by atoms with Crippen LogP contribution in [0.5, 0.6) is 0 Å². The minimum Gasteiger partial charge on any atom is -0.397 e. The molecule has 0 atom stereocenters. The second-order valence-corrected chi connectivity index (χ2v) is 5.51. The van der Waals surface area contributed by atoms with Crippen molar-refractivity contribution < 1.29 is 9.59 Å². The molecule has 0 aliphatic heterocycles.